The van der Waals surface area contributed by atoms with E-state index in [2.05, 4.69) is 28.9 Å². The Kier molecular flexibility index (Phi) is 5.99. The molecule has 1 atom stereocenters. The van der Waals surface area contributed by atoms with Crippen molar-refractivity contribution < 1.29 is 0 Å². The van der Waals surface area contributed by atoms with Gasteiger partial charge < -0.3 is 15.5 Å². The van der Waals surface area contributed by atoms with Gasteiger partial charge in [-0.15, -0.1) is 24.0 Å². The van der Waals surface area contributed by atoms with Crippen LogP contribution in [0.15, 0.2) is 4.99 Å². The first-order valence-electron chi connectivity index (χ1n) is 6.38. The monoisotopic (exact) mass is 352 g/mol. The van der Waals surface area contributed by atoms with Crippen LogP contribution in [-0.4, -0.2) is 55.5 Å². The number of likely N-dealkylation sites (tertiary alicyclic amines) is 1. The van der Waals surface area contributed by atoms with E-state index >= 15 is 0 Å². The van der Waals surface area contributed by atoms with Crippen LogP contribution in [0.5, 0.6) is 0 Å². The Balaban J connectivity index is 0.00000144. The molecule has 100 valence electrons. The zero-order valence-corrected chi connectivity index (χ0v) is 13.3. The van der Waals surface area contributed by atoms with Gasteiger partial charge in [-0.1, -0.05) is 0 Å². The maximum atomic E-state index is 5.97. The third-order valence-corrected chi connectivity index (χ3v) is 3.69. The molecule has 0 radical (unpaired) electrons. The number of rotatable bonds is 3. The highest BCUT2D eigenvalue weighted by Gasteiger charge is 2.27. The number of guanidine groups is 1. The summed E-state index contributed by atoms with van der Waals surface area (Å²) in [4.78, 5) is 9.06. The average Bonchev–Trinajstić information content (AvgIpc) is 3.09. The predicted molar refractivity (Wildman–Crippen MR) is 82.9 cm³/mol. The quantitative estimate of drug-likeness (QED) is 0.474. The second-order valence-corrected chi connectivity index (χ2v) is 5.31. The molecule has 0 bridgehead atoms. The third kappa shape index (κ3) is 4.62. The zero-order valence-electron chi connectivity index (χ0n) is 10.9. The van der Waals surface area contributed by atoms with Gasteiger partial charge >= 0.3 is 0 Å². The fraction of sp³-hybridized carbons (Fsp3) is 0.917. The Labute approximate surface area is 122 Å². The average molecular weight is 352 g/mol. The van der Waals surface area contributed by atoms with Crippen LogP contribution in [0.25, 0.3) is 0 Å². The summed E-state index contributed by atoms with van der Waals surface area (Å²) < 4.78 is 0. The Bertz CT molecular complexity index is 265. The maximum absolute atomic E-state index is 5.97. The standard InChI is InChI=1S/C12H24N4.HI/c1-15-7-3-4-10(9-15)8-14-12(13)16(2)11-5-6-11;/h10-11H,3-9H2,1-2H3,(H2,13,14);1H. The normalized spacial score (nSPS) is 26.5. The van der Waals surface area contributed by atoms with Crippen molar-refractivity contribution in [3.05, 3.63) is 0 Å². The summed E-state index contributed by atoms with van der Waals surface area (Å²) in [5.74, 6) is 1.43. The Hall–Kier alpha value is -0.0400. The highest BCUT2D eigenvalue weighted by Crippen LogP contribution is 2.25. The van der Waals surface area contributed by atoms with E-state index in [1.165, 1.54) is 38.8 Å². The van der Waals surface area contributed by atoms with Gasteiger partial charge in [0.1, 0.15) is 0 Å². The van der Waals surface area contributed by atoms with Gasteiger partial charge in [0.05, 0.1) is 0 Å². The summed E-state index contributed by atoms with van der Waals surface area (Å²) in [6.07, 6.45) is 5.15. The van der Waals surface area contributed by atoms with E-state index in [0.717, 1.165) is 12.5 Å². The minimum Gasteiger partial charge on any atom is -0.370 e. The van der Waals surface area contributed by atoms with Crippen molar-refractivity contribution in [2.24, 2.45) is 16.6 Å². The van der Waals surface area contributed by atoms with Gasteiger partial charge in [0, 0.05) is 26.2 Å². The van der Waals surface area contributed by atoms with Crippen LogP contribution in [0, 0.1) is 5.92 Å². The Morgan fingerprint density at radius 3 is 2.71 bits per heavy atom. The molecule has 1 saturated carbocycles. The number of hydrogen-bond acceptors (Lipinski definition) is 2. The fourth-order valence-corrected chi connectivity index (χ4v) is 2.41. The molecule has 1 aliphatic heterocycles. The van der Waals surface area contributed by atoms with Gasteiger partial charge in [-0.25, -0.2) is 0 Å². The van der Waals surface area contributed by atoms with Crippen molar-refractivity contribution >= 4 is 29.9 Å². The molecule has 2 fully saturated rings. The van der Waals surface area contributed by atoms with E-state index in [1.807, 2.05) is 0 Å². The molecule has 0 amide bonds. The van der Waals surface area contributed by atoms with E-state index in [4.69, 9.17) is 5.73 Å². The van der Waals surface area contributed by atoms with Gasteiger partial charge in [0.2, 0.25) is 0 Å². The fourth-order valence-electron chi connectivity index (χ4n) is 2.41. The lowest BCUT2D eigenvalue weighted by Crippen LogP contribution is -2.37. The maximum Gasteiger partial charge on any atom is 0.191 e. The van der Waals surface area contributed by atoms with Crippen LogP contribution in [0.2, 0.25) is 0 Å². The van der Waals surface area contributed by atoms with Gasteiger partial charge in [-0.2, -0.15) is 0 Å². The molecular formula is C12H25IN4. The molecule has 1 heterocycles. The third-order valence-electron chi connectivity index (χ3n) is 3.69. The number of aliphatic imine (C=N–C) groups is 1. The van der Waals surface area contributed by atoms with Gasteiger partial charge in [0.25, 0.3) is 0 Å². The lowest BCUT2D eigenvalue weighted by Gasteiger charge is -2.29. The first-order valence-corrected chi connectivity index (χ1v) is 6.38. The highest BCUT2D eigenvalue weighted by atomic mass is 127. The van der Waals surface area contributed by atoms with Crippen LogP contribution in [0.1, 0.15) is 25.7 Å². The molecule has 0 aromatic heterocycles. The summed E-state index contributed by atoms with van der Waals surface area (Å²) in [5.41, 5.74) is 5.97. The second-order valence-electron chi connectivity index (χ2n) is 5.31. The molecule has 0 aromatic carbocycles. The van der Waals surface area contributed by atoms with Crippen molar-refractivity contribution in [1.29, 1.82) is 0 Å². The molecule has 1 aliphatic carbocycles. The van der Waals surface area contributed by atoms with Crippen LogP contribution in [-0.2, 0) is 0 Å². The lowest BCUT2D eigenvalue weighted by molar-refractivity contribution is 0.214. The Morgan fingerprint density at radius 2 is 2.12 bits per heavy atom. The molecule has 5 heteroatoms. The molecule has 1 unspecified atom stereocenters. The second kappa shape index (κ2) is 6.78. The van der Waals surface area contributed by atoms with Gasteiger partial charge in [-0.05, 0) is 45.2 Å². The first-order chi connectivity index (χ1) is 7.66. The molecule has 17 heavy (non-hydrogen) atoms. The van der Waals surface area contributed by atoms with Crippen molar-refractivity contribution in [2.75, 3.05) is 33.7 Å². The molecule has 0 aromatic rings. The van der Waals surface area contributed by atoms with E-state index < -0.39 is 0 Å². The van der Waals surface area contributed by atoms with E-state index in [9.17, 15) is 0 Å². The largest absolute Gasteiger partial charge is 0.370 e. The molecule has 4 nitrogen and oxygen atoms in total. The van der Waals surface area contributed by atoms with Crippen molar-refractivity contribution in [3.63, 3.8) is 0 Å². The zero-order chi connectivity index (χ0) is 11.5. The minimum absolute atomic E-state index is 0. The van der Waals surface area contributed by atoms with Crippen LogP contribution in [0.3, 0.4) is 0 Å². The number of nitrogens with two attached hydrogens (primary N) is 1. The molecular weight excluding hydrogens is 327 g/mol. The number of piperidine rings is 1. The van der Waals surface area contributed by atoms with E-state index in [-0.39, 0.29) is 24.0 Å². The molecule has 0 spiro atoms. The topological polar surface area (TPSA) is 44.9 Å². The van der Waals surface area contributed by atoms with Crippen LogP contribution < -0.4 is 5.73 Å². The SMILES string of the molecule is CN1CCCC(CN=C(N)N(C)C2CC2)C1.I. The molecule has 2 N–H and O–H groups in total. The van der Waals surface area contributed by atoms with Crippen LogP contribution in [0.4, 0.5) is 0 Å². The van der Waals surface area contributed by atoms with Crippen molar-refractivity contribution in [2.45, 2.75) is 31.7 Å². The molecule has 1 saturated heterocycles. The minimum atomic E-state index is 0. The lowest BCUT2D eigenvalue weighted by atomic mass is 9.99. The summed E-state index contributed by atoms with van der Waals surface area (Å²) in [5, 5.41) is 0. The smallest absolute Gasteiger partial charge is 0.191 e. The van der Waals surface area contributed by atoms with E-state index in [1.54, 1.807) is 0 Å². The summed E-state index contributed by atoms with van der Waals surface area (Å²) in [7, 11) is 4.25. The van der Waals surface area contributed by atoms with Crippen LogP contribution >= 0.6 is 24.0 Å². The summed E-state index contributed by atoms with van der Waals surface area (Å²) in [6.45, 7) is 3.30. The predicted octanol–water partition coefficient (Wildman–Crippen LogP) is 1.36. The summed E-state index contributed by atoms with van der Waals surface area (Å²) >= 11 is 0. The number of nitrogens with zero attached hydrogens (tertiary/aromatic N) is 3. The summed E-state index contributed by atoms with van der Waals surface area (Å²) in [6, 6.07) is 0.665. The van der Waals surface area contributed by atoms with Gasteiger partial charge in [0.15, 0.2) is 5.96 Å². The highest BCUT2D eigenvalue weighted by molar-refractivity contribution is 14.0. The van der Waals surface area contributed by atoms with Crippen molar-refractivity contribution in [1.82, 2.24) is 9.80 Å². The molecule has 2 rings (SSSR count). The van der Waals surface area contributed by atoms with E-state index in [0.29, 0.717) is 12.0 Å². The van der Waals surface area contributed by atoms with Gasteiger partial charge in [-0.3, -0.25) is 4.99 Å². The number of hydrogen-bond donors (Lipinski definition) is 1. The van der Waals surface area contributed by atoms with Crippen molar-refractivity contribution in [3.8, 4) is 0 Å². The molecule has 2 aliphatic rings. The number of halogens is 1. The first kappa shape index (κ1) is 15.0. The Morgan fingerprint density at radius 1 is 1.41 bits per heavy atom.